The molecule has 0 aliphatic heterocycles. The molecule has 0 aliphatic carbocycles. The van der Waals surface area contributed by atoms with E-state index in [2.05, 4.69) is 21.2 Å². The van der Waals surface area contributed by atoms with Crippen LogP contribution in [0.5, 0.6) is 23.0 Å². The maximum atomic E-state index is 12.4. The van der Waals surface area contributed by atoms with Crippen LogP contribution in [0.1, 0.15) is 22.8 Å². The Labute approximate surface area is 181 Å². The first-order valence-electron chi connectivity index (χ1n) is 8.69. The smallest absolute Gasteiger partial charge is 0.262 e. The molecular weight excluding hydrogens is 458 g/mol. The third-order valence-corrected chi connectivity index (χ3v) is 4.44. The fourth-order valence-corrected chi connectivity index (χ4v) is 3.10. The second-order valence-electron chi connectivity index (χ2n) is 5.78. The molecule has 10 heteroatoms. The van der Waals surface area contributed by atoms with Crippen LogP contribution in [0.4, 0.5) is 5.69 Å². The Bertz CT molecular complexity index is 1000. The minimum atomic E-state index is -0.749. The summed E-state index contributed by atoms with van der Waals surface area (Å²) in [6.45, 7) is 1.74. The normalized spacial score (nSPS) is 9.97. The van der Waals surface area contributed by atoms with Gasteiger partial charge in [-0.1, -0.05) is 0 Å². The van der Waals surface area contributed by atoms with Crippen molar-refractivity contribution in [3.8, 4) is 29.1 Å². The minimum absolute atomic E-state index is 0.0514. The highest BCUT2D eigenvalue weighted by atomic mass is 79.9. The molecule has 0 aromatic heterocycles. The molecule has 0 bridgehead atoms. The van der Waals surface area contributed by atoms with E-state index in [4.69, 9.17) is 29.9 Å². The molecule has 2 rings (SSSR count). The van der Waals surface area contributed by atoms with E-state index in [1.54, 1.807) is 13.0 Å². The Morgan fingerprint density at radius 1 is 1.10 bits per heavy atom. The van der Waals surface area contributed by atoms with E-state index in [-0.39, 0.29) is 17.0 Å². The van der Waals surface area contributed by atoms with Crippen LogP contribution in [-0.2, 0) is 4.79 Å². The van der Waals surface area contributed by atoms with Crippen LogP contribution in [0.25, 0.3) is 0 Å². The van der Waals surface area contributed by atoms with Gasteiger partial charge in [0.15, 0.2) is 29.6 Å². The Hall–Kier alpha value is -3.45. The van der Waals surface area contributed by atoms with Gasteiger partial charge in [-0.15, -0.1) is 0 Å². The number of benzene rings is 2. The topological polar surface area (TPSA) is 133 Å². The summed E-state index contributed by atoms with van der Waals surface area (Å²) in [5.74, 6) is -0.103. The van der Waals surface area contributed by atoms with Crippen molar-refractivity contribution in [1.29, 1.82) is 5.26 Å². The molecule has 9 nitrogen and oxygen atoms in total. The van der Waals surface area contributed by atoms with Gasteiger partial charge in [0.2, 0.25) is 0 Å². The molecule has 3 N–H and O–H groups in total. The summed E-state index contributed by atoms with van der Waals surface area (Å²) in [5, 5.41) is 11.7. The van der Waals surface area contributed by atoms with Crippen LogP contribution in [0.2, 0.25) is 0 Å². The lowest BCUT2D eigenvalue weighted by Gasteiger charge is -2.16. The number of hydrogen-bond donors (Lipinski definition) is 2. The molecule has 0 unspecified atom stereocenters. The monoisotopic (exact) mass is 477 g/mol. The molecule has 0 heterocycles. The number of methoxy groups -OCH3 is 2. The average Bonchev–Trinajstić information content (AvgIpc) is 2.72. The second-order valence-corrected chi connectivity index (χ2v) is 6.64. The zero-order chi connectivity index (χ0) is 22.3. The second kappa shape index (κ2) is 10.4. The number of rotatable bonds is 9. The van der Waals surface area contributed by atoms with E-state index >= 15 is 0 Å². The van der Waals surface area contributed by atoms with Gasteiger partial charge in [0.05, 0.1) is 48.2 Å². The van der Waals surface area contributed by atoms with Crippen molar-refractivity contribution < 1.29 is 28.5 Å². The molecule has 0 radical (unpaired) electrons. The van der Waals surface area contributed by atoms with E-state index < -0.39 is 18.4 Å². The van der Waals surface area contributed by atoms with Gasteiger partial charge >= 0.3 is 0 Å². The zero-order valence-corrected chi connectivity index (χ0v) is 18.2. The number of hydrogen-bond acceptors (Lipinski definition) is 7. The third kappa shape index (κ3) is 5.33. The quantitative estimate of drug-likeness (QED) is 0.566. The highest BCUT2D eigenvalue weighted by molar-refractivity contribution is 9.10. The predicted octanol–water partition coefficient (Wildman–Crippen LogP) is 2.85. The van der Waals surface area contributed by atoms with Gasteiger partial charge in [-0.3, -0.25) is 9.59 Å². The van der Waals surface area contributed by atoms with Crippen LogP contribution < -0.4 is 30.0 Å². The number of nitriles is 1. The first-order valence-corrected chi connectivity index (χ1v) is 9.48. The van der Waals surface area contributed by atoms with Gasteiger partial charge in [0, 0.05) is 12.1 Å². The molecule has 2 amide bonds. The van der Waals surface area contributed by atoms with Crippen LogP contribution in [-0.4, -0.2) is 39.2 Å². The van der Waals surface area contributed by atoms with Crippen molar-refractivity contribution >= 4 is 33.4 Å². The van der Waals surface area contributed by atoms with Crippen molar-refractivity contribution in [2.24, 2.45) is 5.73 Å². The number of carbonyl (C=O) groups excluding carboxylic acids is 2. The summed E-state index contributed by atoms with van der Waals surface area (Å²) in [6.07, 6.45) is 0. The van der Waals surface area contributed by atoms with Crippen molar-refractivity contribution in [2.75, 3.05) is 32.8 Å². The summed E-state index contributed by atoms with van der Waals surface area (Å²) in [5.41, 5.74) is 5.98. The number of amides is 2. The highest BCUT2D eigenvalue weighted by Gasteiger charge is 2.18. The third-order valence-electron chi connectivity index (χ3n) is 3.85. The number of anilines is 1. The summed E-state index contributed by atoms with van der Waals surface area (Å²) < 4.78 is 21.9. The fraction of sp³-hybridized carbons (Fsp3) is 0.250. The standard InChI is InChI=1S/C20H20BrN3O6/c1-4-29-17-6-11(9-22)5-13(21)19(17)30-10-18(25)24-14-8-16(28-3)15(27-2)7-12(14)20(23)26/h5-8H,4,10H2,1-3H3,(H2,23,26)(H,24,25). The SMILES string of the molecule is CCOc1cc(C#N)cc(Br)c1OCC(=O)Nc1cc(OC)c(OC)cc1C(N)=O. The summed E-state index contributed by atoms with van der Waals surface area (Å²) in [7, 11) is 2.84. The lowest BCUT2D eigenvalue weighted by molar-refractivity contribution is -0.118. The van der Waals surface area contributed by atoms with Crippen LogP contribution in [0.15, 0.2) is 28.7 Å². The van der Waals surface area contributed by atoms with Gasteiger partial charge in [0.1, 0.15) is 0 Å². The Kier molecular flexibility index (Phi) is 7.89. The summed E-state index contributed by atoms with van der Waals surface area (Å²) in [6, 6.07) is 7.89. The minimum Gasteiger partial charge on any atom is -0.493 e. The average molecular weight is 478 g/mol. The van der Waals surface area contributed by atoms with Gasteiger partial charge in [-0.25, -0.2) is 0 Å². The summed E-state index contributed by atoms with van der Waals surface area (Å²) >= 11 is 3.31. The lowest BCUT2D eigenvalue weighted by atomic mass is 10.1. The molecule has 0 atom stereocenters. The molecule has 0 spiro atoms. The molecule has 0 aliphatic rings. The number of nitrogens with two attached hydrogens (primary N) is 1. The number of ether oxygens (including phenoxy) is 4. The largest absolute Gasteiger partial charge is 0.493 e. The molecule has 0 saturated heterocycles. The van der Waals surface area contributed by atoms with Gasteiger partial charge in [0.25, 0.3) is 11.8 Å². The van der Waals surface area contributed by atoms with Gasteiger partial charge < -0.3 is 30.0 Å². The Morgan fingerprint density at radius 2 is 1.77 bits per heavy atom. The van der Waals surface area contributed by atoms with E-state index in [9.17, 15) is 9.59 Å². The number of primary amides is 1. The first-order chi connectivity index (χ1) is 14.3. The molecule has 158 valence electrons. The van der Waals surface area contributed by atoms with Crippen LogP contribution in [0, 0.1) is 11.3 Å². The fourth-order valence-electron chi connectivity index (χ4n) is 2.55. The molecule has 2 aromatic carbocycles. The number of carbonyl (C=O) groups is 2. The van der Waals surface area contributed by atoms with E-state index in [1.807, 2.05) is 6.07 Å². The maximum absolute atomic E-state index is 12.4. The van der Waals surface area contributed by atoms with Crippen molar-refractivity contribution in [2.45, 2.75) is 6.92 Å². The molecule has 2 aromatic rings. The van der Waals surface area contributed by atoms with E-state index in [0.29, 0.717) is 33.9 Å². The molecule has 0 fully saturated rings. The Morgan fingerprint density at radius 3 is 2.33 bits per heavy atom. The maximum Gasteiger partial charge on any atom is 0.262 e. The molecule has 0 saturated carbocycles. The highest BCUT2D eigenvalue weighted by Crippen LogP contribution is 2.37. The van der Waals surface area contributed by atoms with Gasteiger partial charge in [-0.2, -0.15) is 5.26 Å². The van der Waals surface area contributed by atoms with E-state index in [1.165, 1.54) is 32.4 Å². The van der Waals surface area contributed by atoms with Gasteiger partial charge in [-0.05, 0) is 35.0 Å². The number of nitrogens with one attached hydrogen (secondary N) is 1. The molecule has 30 heavy (non-hydrogen) atoms. The number of nitrogens with zero attached hydrogens (tertiary/aromatic N) is 1. The van der Waals surface area contributed by atoms with Crippen molar-refractivity contribution in [1.82, 2.24) is 0 Å². The molecular formula is C20H20BrN3O6. The van der Waals surface area contributed by atoms with E-state index in [0.717, 1.165) is 0 Å². The van der Waals surface area contributed by atoms with Crippen molar-refractivity contribution in [3.05, 3.63) is 39.9 Å². The van der Waals surface area contributed by atoms with Crippen LogP contribution >= 0.6 is 15.9 Å². The van der Waals surface area contributed by atoms with Crippen LogP contribution in [0.3, 0.4) is 0 Å². The van der Waals surface area contributed by atoms with Crippen molar-refractivity contribution in [3.63, 3.8) is 0 Å². The first kappa shape index (κ1) is 22.8. The predicted molar refractivity (Wildman–Crippen MR) is 112 cm³/mol. The number of halogens is 1. The lowest BCUT2D eigenvalue weighted by Crippen LogP contribution is -2.23. The summed E-state index contributed by atoms with van der Waals surface area (Å²) in [4.78, 5) is 24.2. The Balaban J connectivity index is 2.23. The zero-order valence-electron chi connectivity index (χ0n) is 16.6.